The number of likely N-dealkylation sites (N-methyl/N-ethyl adjacent to an activating group) is 1. The van der Waals surface area contributed by atoms with Crippen LogP contribution in [0.15, 0.2) is 18.2 Å². The summed E-state index contributed by atoms with van der Waals surface area (Å²) in [5.41, 5.74) is 0.631. The van der Waals surface area contributed by atoms with Crippen molar-refractivity contribution in [2.75, 3.05) is 39.1 Å². The van der Waals surface area contributed by atoms with E-state index in [1.54, 1.807) is 32.3 Å². The Morgan fingerprint density at radius 1 is 1.32 bits per heavy atom. The first-order valence-corrected chi connectivity index (χ1v) is 8.96. The number of ether oxygens (including phenoxy) is 1. The molecule has 1 aromatic rings. The van der Waals surface area contributed by atoms with Crippen LogP contribution in [0.2, 0.25) is 5.02 Å². The highest BCUT2D eigenvalue weighted by Crippen LogP contribution is 2.28. The van der Waals surface area contributed by atoms with Crippen LogP contribution in [0, 0.1) is 5.92 Å². The van der Waals surface area contributed by atoms with E-state index in [1.165, 1.54) is 4.90 Å². The third-order valence-corrected chi connectivity index (χ3v) is 4.60. The van der Waals surface area contributed by atoms with E-state index in [2.05, 4.69) is 10.6 Å². The zero-order chi connectivity index (χ0) is 18.2. The second-order valence-corrected chi connectivity index (χ2v) is 6.91. The predicted octanol–water partition coefficient (Wildman–Crippen LogP) is 2.53. The molecule has 0 bridgehead atoms. The van der Waals surface area contributed by atoms with E-state index in [9.17, 15) is 9.59 Å². The fourth-order valence-corrected chi connectivity index (χ4v) is 2.93. The molecule has 0 unspecified atom stereocenters. The molecule has 7 heteroatoms. The number of hydrogen-bond donors (Lipinski definition) is 2. The van der Waals surface area contributed by atoms with E-state index in [4.69, 9.17) is 16.3 Å². The number of rotatable bonds is 7. The quantitative estimate of drug-likeness (QED) is 0.776. The van der Waals surface area contributed by atoms with Gasteiger partial charge in [0.2, 0.25) is 5.91 Å². The van der Waals surface area contributed by atoms with Gasteiger partial charge < -0.3 is 20.3 Å². The molecule has 2 rings (SSSR count). The van der Waals surface area contributed by atoms with Crippen molar-refractivity contribution in [2.24, 2.45) is 5.92 Å². The lowest BCUT2D eigenvalue weighted by molar-refractivity contribution is -0.130. The van der Waals surface area contributed by atoms with Crippen LogP contribution in [-0.4, -0.2) is 50.5 Å². The molecular formula is C18H26ClN3O3. The van der Waals surface area contributed by atoms with Crippen molar-refractivity contribution in [1.82, 2.24) is 10.2 Å². The Morgan fingerprint density at radius 3 is 2.68 bits per heavy atom. The first kappa shape index (κ1) is 19.5. The minimum absolute atomic E-state index is 0.00828. The number of hydrogen-bond acceptors (Lipinski definition) is 4. The van der Waals surface area contributed by atoms with Crippen molar-refractivity contribution in [1.29, 1.82) is 0 Å². The molecule has 1 aliphatic heterocycles. The van der Waals surface area contributed by atoms with Gasteiger partial charge in [-0.05, 0) is 56.5 Å². The molecular weight excluding hydrogens is 342 g/mol. The maximum atomic E-state index is 12.1. The summed E-state index contributed by atoms with van der Waals surface area (Å²) < 4.78 is 5.40. The summed E-state index contributed by atoms with van der Waals surface area (Å²) in [5, 5.41) is 6.55. The standard InChI is InChI=1S/C18H26ClN3O3/c1-22(2)18(24)12-25-16-5-4-14(11-15(16)19)21-17(23)6-3-13-7-9-20-10-8-13/h4-5,11,13,20H,3,6-10,12H2,1-2H3,(H,21,23). The third-order valence-electron chi connectivity index (χ3n) is 4.30. The van der Waals surface area contributed by atoms with Crippen LogP contribution < -0.4 is 15.4 Å². The second-order valence-electron chi connectivity index (χ2n) is 6.50. The van der Waals surface area contributed by atoms with E-state index in [-0.39, 0.29) is 18.4 Å². The zero-order valence-corrected chi connectivity index (χ0v) is 15.6. The number of nitrogens with one attached hydrogen (secondary N) is 2. The Morgan fingerprint density at radius 2 is 2.04 bits per heavy atom. The first-order valence-electron chi connectivity index (χ1n) is 8.59. The average molecular weight is 368 g/mol. The lowest BCUT2D eigenvalue weighted by Crippen LogP contribution is -2.28. The summed E-state index contributed by atoms with van der Waals surface area (Å²) in [6.07, 6.45) is 3.70. The minimum atomic E-state index is -0.147. The number of benzene rings is 1. The number of amides is 2. The van der Waals surface area contributed by atoms with Crippen molar-refractivity contribution < 1.29 is 14.3 Å². The zero-order valence-electron chi connectivity index (χ0n) is 14.8. The Balaban J connectivity index is 1.80. The molecule has 0 aliphatic carbocycles. The SMILES string of the molecule is CN(C)C(=O)COc1ccc(NC(=O)CCC2CCNCC2)cc1Cl. The molecule has 2 N–H and O–H groups in total. The van der Waals surface area contributed by atoms with Gasteiger partial charge in [0.15, 0.2) is 6.61 Å². The number of carbonyl (C=O) groups is 2. The van der Waals surface area contributed by atoms with Crippen LogP contribution in [0.5, 0.6) is 5.75 Å². The fourth-order valence-electron chi connectivity index (χ4n) is 2.69. The average Bonchev–Trinajstić information content (AvgIpc) is 2.60. The molecule has 1 aromatic carbocycles. The van der Waals surface area contributed by atoms with E-state index in [0.717, 1.165) is 32.4 Å². The van der Waals surface area contributed by atoms with Crippen molar-refractivity contribution in [2.45, 2.75) is 25.7 Å². The van der Waals surface area contributed by atoms with E-state index in [0.29, 0.717) is 28.8 Å². The summed E-state index contributed by atoms with van der Waals surface area (Å²) in [4.78, 5) is 25.1. The number of carbonyl (C=O) groups excluding carboxylic acids is 2. The molecule has 1 aliphatic rings. The normalized spacial score (nSPS) is 14.8. The summed E-state index contributed by atoms with van der Waals surface area (Å²) in [7, 11) is 3.32. The summed E-state index contributed by atoms with van der Waals surface area (Å²) in [5.74, 6) is 0.891. The summed E-state index contributed by atoms with van der Waals surface area (Å²) in [6, 6.07) is 5.02. The van der Waals surface area contributed by atoms with Crippen LogP contribution >= 0.6 is 11.6 Å². The smallest absolute Gasteiger partial charge is 0.259 e. The largest absolute Gasteiger partial charge is 0.482 e. The molecule has 1 fully saturated rings. The van der Waals surface area contributed by atoms with Crippen LogP contribution in [0.1, 0.15) is 25.7 Å². The van der Waals surface area contributed by atoms with Crippen LogP contribution in [0.25, 0.3) is 0 Å². The third kappa shape index (κ3) is 6.55. The van der Waals surface area contributed by atoms with E-state index < -0.39 is 0 Å². The molecule has 0 atom stereocenters. The maximum Gasteiger partial charge on any atom is 0.259 e. The van der Waals surface area contributed by atoms with Crippen molar-refractivity contribution in [3.63, 3.8) is 0 Å². The highest BCUT2D eigenvalue weighted by atomic mass is 35.5. The molecule has 0 saturated carbocycles. The molecule has 138 valence electrons. The van der Waals surface area contributed by atoms with Gasteiger partial charge in [-0.25, -0.2) is 0 Å². The van der Waals surface area contributed by atoms with Crippen LogP contribution in [-0.2, 0) is 9.59 Å². The maximum absolute atomic E-state index is 12.1. The van der Waals surface area contributed by atoms with Gasteiger partial charge >= 0.3 is 0 Å². The van der Waals surface area contributed by atoms with Crippen molar-refractivity contribution in [3.8, 4) is 5.75 Å². The van der Waals surface area contributed by atoms with E-state index in [1.807, 2.05) is 0 Å². The molecule has 1 heterocycles. The first-order chi connectivity index (χ1) is 12.0. The van der Waals surface area contributed by atoms with Gasteiger partial charge in [-0.1, -0.05) is 11.6 Å². The van der Waals surface area contributed by atoms with E-state index >= 15 is 0 Å². The Kier molecular flexibility index (Phi) is 7.52. The van der Waals surface area contributed by atoms with Gasteiger partial charge in [-0.3, -0.25) is 9.59 Å². The minimum Gasteiger partial charge on any atom is -0.482 e. The highest BCUT2D eigenvalue weighted by Gasteiger charge is 2.15. The molecule has 0 radical (unpaired) electrons. The Bertz CT molecular complexity index is 601. The van der Waals surface area contributed by atoms with Gasteiger partial charge in [0.1, 0.15) is 5.75 Å². The molecule has 2 amide bonds. The molecule has 25 heavy (non-hydrogen) atoms. The Labute approximate surface area is 153 Å². The van der Waals surface area contributed by atoms with Crippen LogP contribution in [0.4, 0.5) is 5.69 Å². The molecule has 1 saturated heterocycles. The van der Waals surface area contributed by atoms with Gasteiger partial charge in [-0.2, -0.15) is 0 Å². The lowest BCUT2D eigenvalue weighted by Gasteiger charge is -2.22. The summed E-state index contributed by atoms with van der Waals surface area (Å²) >= 11 is 6.17. The van der Waals surface area contributed by atoms with Gasteiger partial charge in [0, 0.05) is 26.2 Å². The lowest BCUT2D eigenvalue weighted by atomic mass is 9.93. The van der Waals surface area contributed by atoms with Gasteiger partial charge in [0.05, 0.1) is 5.02 Å². The van der Waals surface area contributed by atoms with Crippen LogP contribution in [0.3, 0.4) is 0 Å². The molecule has 0 aromatic heterocycles. The predicted molar refractivity (Wildman–Crippen MR) is 99.1 cm³/mol. The monoisotopic (exact) mass is 367 g/mol. The molecule has 0 spiro atoms. The van der Waals surface area contributed by atoms with Crippen molar-refractivity contribution >= 4 is 29.1 Å². The highest BCUT2D eigenvalue weighted by molar-refractivity contribution is 6.32. The fraction of sp³-hybridized carbons (Fsp3) is 0.556. The topological polar surface area (TPSA) is 70.7 Å². The second kappa shape index (κ2) is 9.63. The van der Waals surface area contributed by atoms with Crippen molar-refractivity contribution in [3.05, 3.63) is 23.2 Å². The number of nitrogens with zero attached hydrogens (tertiary/aromatic N) is 1. The number of piperidine rings is 1. The molecule has 6 nitrogen and oxygen atoms in total. The summed E-state index contributed by atoms with van der Waals surface area (Å²) in [6.45, 7) is 2.01. The number of anilines is 1. The number of halogens is 1. The van der Waals surface area contributed by atoms with Gasteiger partial charge in [-0.15, -0.1) is 0 Å². The Hall–Kier alpha value is -1.79. The van der Waals surface area contributed by atoms with Gasteiger partial charge in [0.25, 0.3) is 5.91 Å².